The van der Waals surface area contributed by atoms with Gasteiger partial charge in [-0.2, -0.15) is 18.3 Å². The molecule has 10 heteroatoms. The number of aryl methyl sites for hydroxylation is 1. The maximum atomic E-state index is 12.7. The van der Waals surface area contributed by atoms with Crippen LogP contribution in [0, 0.1) is 13.8 Å². The molecule has 0 bridgehead atoms. The van der Waals surface area contributed by atoms with Gasteiger partial charge < -0.3 is 14.8 Å². The van der Waals surface area contributed by atoms with Crippen molar-refractivity contribution >= 4 is 17.6 Å². The third-order valence-corrected chi connectivity index (χ3v) is 4.86. The van der Waals surface area contributed by atoms with Crippen LogP contribution in [0.15, 0.2) is 48.5 Å². The summed E-state index contributed by atoms with van der Waals surface area (Å²) < 4.78 is 48.3. The Bertz CT molecular complexity index is 1170. The van der Waals surface area contributed by atoms with Crippen molar-refractivity contribution in [2.24, 2.45) is 0 Å². The van der Waals surface area contributed by atoms with Crippen molar-refractivity contribution < 1.29 is 32.2 Å². The number of esters is 1. The second-order valence-electron chi connectivity index (χ2n) is 7.24. The summed E-state index contributed by atoms with van der Waals surface area (Å²) in [6.45, 7) is 2.30. The van der Waals surface area contributed by atoms with E-state index in [4.69, 9.17) is 9.47 Å². The van der Waals surface area contributed by atoms with Crippen molar-refractivity contribution in [2.75, 3.05) is 19.0 Å². The summed E-state index contributed by atoms with van der Waals surface area (Å²) in [6, 6.07) is 12.5. The first-order valence-corrected chi connectivity index (χ1v) is 9.90. The molecule has 1 N–H and O–H groups in total. The number of nitrogens with zero attached hydrogens (tertiary/aromatic N) is 2. The van der Waals surface area contributed by atoms with Crippen molar-refractivity contribution in [2.45, 2.75) is 26.6 Å². The monoisotopic (exact) mass is 461 g/mol. The van der Waals surface area contributed by atoms with E-state index >= 15 is 0 Å². The van der Waals surface area contributed by atoms with Gasteiger partial charge in [0.1, 0.15) is 5.75 Å². The molecule has 3 aromatic rings. The van der Waals surface area contributed by atoms with Crippen molar-refractivity contribution in [1.82, 2.24) is 9.78 Å². The topological polar surface area (TPSA) is 82.5 Å². The fraction of sp³-hybridized carbons (Fsp3) is 0.261. The van der Waals surface area contributed by atoms with E-state index in [0.717, 1.165) is 0 Å². The molecule has 0 spiro atoms. The minimum atomic E-state index is -4.48. The second-order valence-corrected chi connectivity index (χ2v) is 7.24. The number of carbonyl (C=O) groups is 2. The molecule has 1 heterocycles. The summed E-state index contributed by atoms with van der Waals surface area (Å²) >= 11 is 0. The largest absolute Gasteiger partial charge is 0.484 e. The lowest BCUT2D eigenvalue weighted by molar-refractivity contribution is -0.153. The fourth-order valence-corrected chi connectivity index (χ4v) is 3.24. The summed E-state index contributed by atoms with van der Waals surface area (Å²) in [6.07, 6.45) is -4.48. The summed E-state index contributed by atoms with van der Waals surface area (Å²) in [5.41, 5.74) is 2.90. The first-order valence-electron chi connectivity index (χ1n) is 9.90. The zero-order valence-electron chi connectivity index (χ0n) is 18.2. The van der Waals surface area contributed by atoms with Crippen molar-refractivity contribution in [1.29, 1.82) is 0 Å². The molecule has 33 heavy (non-hydrogen) atoms. The van der Waals surface area contributed by atoms with Gasteiger partial charge in [-0.15, -0.1) is 0 Å². The van der Waals surface area contributed by atoms with E-state index in [9.17, 15) is 22.8 Å². The van der Waals surface area contributed by atoms with Gasteiger partial charge in [-0.05, 0) is 43.7 Å². The molecule has 2 aromatic carbocycles. The lowest BCUT2D eigenvalue weighted by atomic mass is 10.1. The number of hydrogen-bond donors (Lipinski definition) is 1. The Morgan fingerprint density at radius 3 is 2.52 bits per heavy atom. The number of carbonyl (C=O) groups excluding carboxylic acids is 2. The average Bonchev–Trinajstić information content (AvgIpc) is 3.04. The van der Waals surface area contributed by atoms with Gasteiger partial charge >= 0.3 is 12.1 Å². The van der Waals surface area contributed by atoms with E-state index in [2.05, 4.69) is 10.4 Å². The van der Waals surface area contributed by atoms with Gasteiger partial charge in [0.05, 0.1) is 36.3 Å². The number of hydrogen-bond acceptors (Lipinski definition) is 5. The maximum absolute atomic E-state index is 12.7. The average molecular weight is 461 g/mol. The molecule has 174 valence electrons. The SMILES string of the molecule is COC(=O)c1ccccc1Cn1nc(C)c(NC(=O)c2cccc(OCC(F)(F)F)c2)c1C. The lowest BCUT2D eigenvalue weighted by Crippen LogP contribution is -2.19. The van der Waals surface area contributed by atoms with Gasteiger partial charge in [0.2, 0.25) is 0 Å². The van der Waals surface area contributed by atoms with Gasteiger partial charge in [0.25, 0.3) is 5.91 Å². The number of nitrogens with one attached hydrogen (secondary N) is 1. The Kier molecular flexibility index (Phi) is 7.05. The lowest BCUT2D eigenvalue weighted by Gasteiger charge is -2.11. The first-order chi connectivity index (χ1) is 15.6. The minimum absolute atomic E-state index is 0.0662. The van der Waals surface area contributed by atoms with Gasteiger partial charge in [0, 0.05) is 5.56 Å². The van der Waals surface area contributed by atoms with E-state index in [-0.39, 0.29) is 17.9 Å². The van der Waals surface area contributed by atoms with E-state index < -0.39 is 24.7 Å². The van der Waals surface area contributed by atoms with Gasteiger partial charge in [-0.1, -0.05) is 24.3 Å². The highest BCUT2D eigenvalue weighted by Gasteiger charge is 2.28. The number of rotatable bonds is 7. The smallest absolute Gasteiger partial charge is 0.422 e. The first kappa shape index (κ1) is 23.8. The number of benzene rings is 2. The predicted octanol–water partition coefficient (Wildman–Crippen LogP) is 4.53. The molecule has 0 fully saturated rings. The fourth-order valence-electron chi connectivity index (χ4n) is 3.24. The molecule has 0 atom stereocenters. The third-order valence-electron chi connectivity index (χ3n) is 4.86. The molecular formula is C23H22F3N3O4. The van der Waals surface area contributed by atoms with E-state index in [0.29, 0.717) is 28.2 Å². The predicted molar refractivity (Wildman–Crippen MR) is 115 cm³/mol. The van der Waals surface area contributed by atoms with Crippen LogP contribution >= 0.6 is 0 Å². The highest BCUT2D eigenvalue weighted by atomic mass is 19.4. The van der Waals surface area contributed by atoms with E-state index in [1.165, 1.54) is 31.4 Å². The summed E-state index contributed by atoms with van der Waals surface area (Å²) in [7, 11) is 1.30. The number of aromatic nitrogens is 2. The Morgan fingerprint density at radius 1 is 1.09 bits per heavy atom. The van der Waals surface area contributed by atoms with Gasteiger partial charge in [0.15, 0.2) is 6.61 Å². The molecule has 0 saturated carbocycles. The number of amides is 1. The quantitative estimate of drug-likeness (QED) is 0.523. The van der Waals surface area contributed by atoms with E-state index in [1.54, 1.807) is 42.8 Å². The van der Waals surface area contributed by atoms with Crippen LogP contribution in [0.4, 0.5) is 18.9 Å². The number of ether oxygens (including phenoxy) is 2. The molecule has 0 aliphatic carbocycles. The Labute approximate surface area is 188 Å². The van der Waals surface area contributed by atoms with E-state index in [1.807, 2.05) is 0 Å². The zero-order chi connectivity index (χ0) is 24.2. The highest BCUT2D eigenvalue weighted by Crippen LogP contribution is 2.24. The Balaban J connectivity index is 1.79. The van der Waals surface area contributed by atoms with Gasteiger partial charge in [-0.3, -0.25) is 9.48 Å². The summed E-state index contributed by atoms with van der Waals surface area (Å²) in [5.74, 6) is -1.05. The van der Waals surface area contributed by atoms with Crippen LogP contribution in [0.2, 0.25) is 0 Å². The molecule has 0 unspecified atom stereocenters. The molecule has 0 saturated heterocycles. The Morgan fingerprint density at radius 2 is 1.82 bits per heavy atom. The molecule has 1 aromatic heterocycles. The van der Waals surface area contributed by atoms with Crippen LogP contribution in [-0.2, 0) is 11.3 Å². The van der Waals surface area contributed by atoms with Gasteiger partial charge in [-0.25, -0.2) is 4.79 Å². The molecule has 7 nitrogen and oxygen atoms in total. The van der Waals surface area contributed by atoms with Crippen LogP contribution in [0.3, 0.4) is 0 Å². The molecule has 0 aliphatic heterocycles. The molecule has 1 amide bonds. The summed E-state index contributed by atoms with van der Waals surface area (Å²) in [5, 5.41) is 7.21. The molecule has 0 radical (unpaired) electrons. The zero-order valence-corrected chi connectivity index (χ0v) is 18.2. The van der Waals surface area contributed by atoms with Crippen molar-refractivity contribution in [3.63, 3.8) is 0 Å². The number of anilines is 1. The van der Waals surface area contributed by atoms with Crippen LogP contribution in [-0.4, -0.2) is 41.5 Å². The number of halogens is 3. The standard InChI is InChI=1S/C23H22F3N3O4/c1-14-20(27-21(30)16-8-6-9-18(11-16)33-13-23(24,25)26)15(2)29(28-14)12-17-7-4-5-10-19(17)22(31)32-3/h4-11H,12-13H2,1-3H3,(H,27,30). The number of alkyl halides is 3. The number of methoxy groups -OCH3 is 1. The van der Waals surface area contributed by atoms with Crippen LogP contribution in [0.5, 0.6) is 5.75 Å². The van der Waals surface area contributed by atoms with Crippen LogP contribution < -0.4 is 10.1 Å². The van der Waals surface area contributed by atoms with Crippen LogP contribution in [0.1, 0.15) is 37.7 Å². The Hall–Kier alpha value is -3.82. The third kappa shape index (κ3) is 5.91. The molecule has 0 aliphatic rings. The summed E-state index contributed by atoms with van der Waals surface area (Å²) in [4.78, 5) is 24.8. The minimum Gasteiger partial charge on any atom is -0.484 e. The normalized spacial score (nSPS) is 11.2. The maximum Gasteiger partial charge on any atom is 0.422 e. The molecule has 3 rings (SSSR count). The van der Waals surface area contributed by atoms with Crippen molar-refractivity contribution in [3.8, 4) is 5.75 Å². The van der Waals surface area contributed by atoms with Crippen LogP contribution in [0.25, 0.3) is 0 Å². The van der Waals surface area contributed by atoms with Crippen molar-refractivity contribution in [3.05, 3.63) is 76.6 Å². The molecular weight excluding hydrogens is 439 g/mol. The highest BCUT2D eigenvalue weighted by molar-refractivity contribution is 6.05. The second kappa shape index (κ2) is 9.76.